The zero-order chi connectivity index (χ0) is 22.5. The Hall–Kier alpha value is -3.06. The molecule has 0 radical (unpaired) electrons. The number of hydrogen-bond donors (Lipinski definition) is 1. The van der Waals surface area contributed by atoms with Gasteiger partial charge in [-0.15, -0.1) is 0 Å². The second-order valence-corrected chi connectivity index (χ2v) is 8.11. The van der Waals surface area contributed by atoms with E-state index in [0.717, 1.165) is 5.56 Å². The number of carbonyl (C=O) groups excluding carboxylic acids is 3. The molecule has 1 heterocycles. The molecule has 2 N–H and O–H groups in total. The number of benzene rings is 2. The Morgan fingerprint density at radius 1 is 1.13 bits per heavy atom. The lowest BCUT2D eigenvalue weighted by Crippen LogP contribution is -2.51. The number of ether oxygens (including phenoxy) is 2. The summed E-state index contributed by atoms with van der Waals surface area (Å²) in [5.41, 5.74) is 6.41. The number of primary amides is 1. The Morgan fingerprint density at radius 2 is 1.84 bits per heavy atom. The van der Waals surface area contributed by atoms with E-state index in [9.17, 15) is 14.4 Å². The predicted octanol–water partition coefficient (Wildman–Crippen LogP) is 4.14. The first-order valence-corrected chi connectivity index (χ1v) is 10.5. The summed E-state index contributed by atoms with van der Waals surface area (Å²) >= 11 is 6.28. The Bertz CT molecular complexity index is 964. The molecule has 2 aromatic rings. The van der Waals surface area contributed by atoms with E-state index < -0.39 is 18.1 Å². The Morgan fingerprint density at radius 3 is 2.45 bits per heavy atom. The van der Waals surface area contributed by atoms with Crippen LogP contribution in [0.4, 0.5) is 4.79 Å². The monoisotopic (exact) mass is 444 g/mol. The van der Waals surface area contributed by atoms with E-state index in [1.54, 1.807) is 12.1 Å². The zero-order valence-electron chi connectivity index (χ0n) is 17.4. The summed E-state index contributed by atoms with van der Waals surface area (Å²) in [6.45, 7) is 4.07. The van der Waals surface area contributed by atoms with Crippen LogP contribution in [0.5, 0.6) is 5.75 Å². The van der Waals surface area contributed by atoms with Gasteiger partial charge < -0.3 is 20.1 Å². The summed E-state index contributed by atoms with van der Waals surface area (Å²) in [6, 6.07) is 13.5. The lowest BCUT2D eigenvalue weighted by molar-refractivity contribution is -0.143. The van der Waals surface area contributed by atoms with Gasteiger partial charge in [-0.25, -0.2) is 9.59 Å². The van der Waals surface area contributed by atoms with Crippen molar-refractivity contribution < 1.29 is 23.9 Å². The van der Waals surface area contributed by atoms with Crippen LogP contribution < -0.4 is 10.5 Å². The normalized spacial score (nSPS) is 18.5. The van der Waals surface area contributed by atoms with Gasteiger partial charge in [0.1, 0.15) is 11.8 Å². The molecule has 31 heavy (non-hydrogen) atoms. The largest absolute Gasteiger partial charge is 0.489 e. The molecule has 0 aliphatic carbocycles. The van der Waals surface area contributed by atoms with Crippen molar-refractivity contribution in [2.45, 2.75) is 44.8 Å². The molecule has 2 unspecified atom stereocenters. The fraction of sp³-hybridized carbons (Fsp3) is 0.348. The zero-order valence-corrected chi connectivity index (χ0v) is 18.2. The first kappa shape index (κ1) is 22.6. The van der Waals surface area contributed by atoms with Crippen molar-refractivity contribution in [2.75, 3.05) is 6.54 Å². The number of hydrogen-bond acceptors (Lipinski definition) is 5. The first-order chi connectivity index (χ1) is 14.8. The third-order valence-corrected chi connectivity index (χ3v) is 5.44. The van der Waals surface area contributed by atoms with Crippen LogP contribution in [0.25, 0.3) is 0 Å². The summed E-state index contributed by atoms with van der Waals surface area (Å²) in [7, 11) is 0. The van der Waals surface area contributed by atoms with Gasteiger partial charge in [-0.05, 0) is 56.4 Å². The molecular weight excluding hydrogens is 420 g/mol. The van der Waals surface area contributed by atoms with Crippen LogP contribution in [0, 0.1) is 0 Å². The fourth-order valence-electron chi connectivity index (χ4n) is 3.78. The molecule has 0 bridgehead atoms. The molecule has 1 saturated heterocycles. The number of likely N-dealkylation sites (tertiary alicyclic amines) is 1. The molecule has 1 aliphatic heterocycles. The van der Waals surface area contributed by atoms with Crippen LogP contribution >= 0.6 is 11.6 Å². The summed E-state index contributed by atoms with van der Waals surface area (Å²) in [6.07, 6.45) is -0.274. The second-order valence-electron chi connectivity index (χ2n) is 7.70. The van der Waals surface area contributed by atoms with Gasteiger partial charge in [-0.1, -0.05) is 41.9 Å². The number of nitrogens with zero attached hydrogens (tertiary/aromatic N) is 1. The van der Waals surface area contributed by atoms with Crippen molar-refractivity contribution in [1.29, 1.82) is 0 Å². The number of carbonyl (C=O) groups is 3. The minimum atomic E-state index is -1.20. The SMILES string of the molecule is CC(C)Oc1ccc(C(=O)N2CCC(c3ccccc3)CC2C(=O)OC(N)=O)cc1Cl. The topological polar surface area (TPSA) is 98.9 Å². The average molecular weight is 445 g/mol. The van der Waals surface area contributed by atoms with Crippen molar-refractivity contribution in [3.63, 3.8) is 0 Å². The molecule has 0 saturated carbocycles. The van der Waals surface area contributed by atoms with Gasteiger partial charge in [0.2, 0.25) is 0 Å². The fourth-order valence-corrected chi connectivity index (χ4v) is 4.00. The first-order valence-electron chi connectivity index (χ1n) is 10.1. The van der Waals surface area contributed by atoms with Crippen molar-refractivity contribution >= 4 is 29.6 Å². The smallest absolute Gasteiger partial charge is 0.412 e. The maximum atomic E-state index is 13.2. The molecule has 7 nitrogen and oxygen atoms in total. The highest BCUT2D eigenvalue weighted by molar-refractivity contribution is 6.32. The summed E-state index contributed by atoms with van der Waals surface area (Å²) in [5.74, 6) is -0.704. The molecule has 8 heteroatoms. The van der Waals surface area contributed by atoms with Crippen LogP contribution in [0.3, 0.4) is 0 Å². The maximum Gasteiger partial charge on any atom is 0.412 e. The van der Waals surface area contributed by atoms with Gasteiger partial charge in [0.25, 0.3) is 5.91 Å². The van der Waals surface area contributed by atoms with Crippen LogP contribution in [0.15, 0.2) is 48.5 Å². The van der Waals surface area contributed by atoms with E-state index in [-0.39, 0.29) is 17.9 Å². The molecule has 1 aliphatic rings. The molecule has 2 aromatic carbocycles. The third kappa shape index (κ3) is 5.55. The number of esters is 1. The van der Waals surface area contributed by atoms with Gasteiger partial charge in [0, 0.05) is 12.1 Å². The van der Waals surface area contributed by atoms with Gasteiger partial charge >= 0.3 is 12.1 Å². The Labute approximate surface area is 186 Å². The van der Waals surface area contributed by atoms with Crippen LogP contribution in [0.1, 0.15) is 48.5 Å². The van der Waals surface area contributed by atoms with E-state index in [0.29, 0.717) is 35.7 Å². The maximum absolute atomic E-state index is 13.2. The van der Waals surface area contributed by atoms with E-state index >= 15 is 0 Å². The highest BCUT2D eigenvalue weighted by Crippen LogP contribution is 2.34. The molecule has 1 fully saturated rings. The Kier molecular flexibility index (Phi) is 7.17. The molecule has 2 atom stereocenters. The molecular formula is C23H25ClN2O5. The number of rotatable bonds is 5. The van der Waals surface area contributed by atoms with E-state index in [1.165, 1.54) is 11.0 Å². The van der Waals surface area contributed by atoms with Crippen molar-refractivity contribution in [3.05, 3.63) is 64.7 Å². The molecule has 0 spiro atoms. The standard InChI is InChI=1S/C23H25ClN2O5/c1-14(2)30-20-9-8-17(12-18(20)24)21(27)26-11-10-16(15-6-4-3-5-7-15)13-19(26)22(28)31-23(25)29/h3-9,12,14,16,19H,10-11,13H2,1-2H3,(H2,25,29). The average Bonchev–Trinajstić information content (AvgIpc) is 2.74. The number of halogens is 1. The van der Waals surface area contributed by atoms with Crippen LogP contribution in [-0.4, -0.2) is 41.6 Å². The molecule has 3 rings (SSSR count). The third-order valence-electron chi connectivity index (χ3n) is 5.15. The van der Waals surface area contributed by atoms with E-state index in [1.807, 2.05) is 44.2 Å². The Balaban J connectivity index is 1.85. The highest BCUT2D eigenvalue weighted by Gasteiger charge is 2.38. The summed E-state index contributed by atoms with van der Waals surface area (Å²) < 4.78 is 10.2. The van der Waals surface area contributed by atoms with Gasteiger partial charge in [-0.2, -0.15) is 0 Å². The lowest BCUT2D eigenvalue weighted by atomic mass is 9.85. The van der Waals surface area contributed by atoms with Crippen molar-refractivity contribution in [2.24, 2.45) is 5.73 Å². The van der Waals surface area contributed by atoms with Crippen LogP contribution in [-0.2, 0) is 9.53 Å². The molecule has 164 valence electrons. The van der Waals surface area contributed by atoms with E-state index in [4.69, 9.17) is 22.1 Å². The minimum Gasteiger partial charge on any atom is -0.489 e. The lowest BCUT2D eigenvalue weighted by Gasteiger charge is -2.38. The summed E-state index contributed by atoms with van der Waals surface area (Å²) in [4.78, 5) is 38.4. The number of amides is 2. The quantitative estimate of drug-likeness (QED) is 0.552. The number of nitrogens with two attached hydrogens (primary N) is 1. The van der Waals surface area contributed by atoms with Crippen LogP contribution in [0.2, 0.25) is 5.02 Å². The van der Waals surface area contributed by atoms with Crippen molar-refractivity contribution in [1.82, 2.24) is 4.90 Å². The van der Waals surface area contributed by atoms with Gasteiger partial charge in [-0.3, -0.25) is 4.79 Å². The molecule has 2 amide bonds. The minimum absolute atomic E-state index is 0.0427. The number of piperidine rings is 1. The molecule has 0 aromatic heterocycles. The van der Waals surface area contributed by atoms with Gasteiger partial charge in [0.05, 0.1) is 11.1 Å². The van der Waals surface area contributed by atoms with Gasteiger partial charge in [0.15, 0.2) is 0 Å². The highest BCUT2D eigenvalue weighted by atomic mass is 35.5. The van der Waals surface area contributed by atoms with Crippen molar-refractivity contribution in [3.8, 4) is 5.75 Å². The second kappa shape index (κ2) is 9.83. The predicted molar refractivity (Wildman–Crippen MR) is 116 cm³/mol. The summed E-state index contributed by atoms with van der Waals surface area (Å²) in [5, 5.41) is 0.301. The van der Waals surface area contributed by atoms with E-state index in [2.05, 4.69) is 4.74 Å².